The van der Waals surface area contributed by atoms with Gasteiger partial charge in [-0.2, -0.15) is 5.26 Å². The highest BCUT2D eigenvalue weighted by atomic mass is 16.2. The minimum Gasteiger partial charge on any atom is -0.364 e. The second kappa shape index (κ2) is 12.8. The molecule has 0 bridgehead atoms. The van der Waals surface area contributed by atoms with Crippen molar-refractivity contribution in [3.05, 3.63) is 71.8 Å². The summed E-state index contributed by atoms with van der Waals surface area (Å²) in [6, 6.07) is 13.8. The number of nitriles is 1. The summed E-state index contributed by atoms with van der Waals surface area (Å²) >= 11 is 0. The standard InChI is InChI=1S/C31H33N7O4/c32-17-22(15-21-10-11-36-29(21)40)37-31(42)25(14-18-8-9-18)38-30(41)24(26-27(28(33)39)35-13-12-34-26)16-20-6-3-5-19-4-1-2-7-23(19)20/h1-7,12-13,18,21-22,24-25H,8-11,14-16H2,(H2,33,39)(H,36,40)(H,37,42)(H,38,41)/t21-,22-,24-,25-/m0/s1. The molecule has 3 aromatic rings. The molecular weight excluding hydrogens is 534 g/mol. The lowest BCUT2D eigenvalue weighted by atomic mass is 9.90. The molecule has 1 aromatic heterocycles. The van der Waals surface area contributed by atoms with Gasteiger partial charge in [-0.15, -0.1) is 0 Å². The Morgan fingerprint density at radius 3 is 2.48 bits per heavy atom. The van der Waals surface area contributed by atoms with Crippen LogP contribution in [0.15, 0.2) is 54.9 Å². The number of carbonyl (C=O) groups excluding carboxylic acids is 4. The predicted molar refractivity (Wildman–Crippen MR) is 153 cm³/mol. The Balaban J connectivity index is 1.41. The Morgan fingerprint density at radius 1 is 1.00 bits per heavy atom. The van der Waals surface area contributed by atoms with E-state index in [0.717, 1.165) is 29.2 Å². The highest BCUT2D eigenvalue weighted by Gasteiger charge is 2.36. The first kappa shape index (κ1) is 28.7. The van der Waals surface area contributed by atoms with Gasteiger partial charge >= 0.3 is 0 Å². The van der Waals surface area contributed by atoms with E-state index in [4.69, 9.17) is 5.73 Å². The molecule has 4 atom stereocenters. The molecule has 1 aliphatic carbocycles. The van der Waals surface area contributed by atoms with E-state index < -0.39 is 35.7 Å². The molecule has 42 heavy (non-hydrogen) atoms. The summed E-state index contributed by atoms with van der Waals surface area (Å²) in [5.74, 6) is -2.98. The zero-order valence-corrected chi connectivity index (χ0v) is 23.1. The van der Waals surface area contributed by atoms with Crippen molar-refractivity contribution in [2.45, 2.75) is 56.5 Å². The number of primary amides is 1. The van der Waals surface area contributed by atoms with Crippen LogP contribution in [0.1, 0.15) is 59.8 Å². The summed E-state index contributed by atoms with van der Waals surface area (Å²) < 4.78 is 0. The van der Waals surface area contributed by atoms with Crippen LogP contribution in [-0.4, -0.2) is 52.2 Å². The van der Waals surface area contributed by atoms with Crippen LogP contribution in [0.25, 0.3) is 10.8 Å². The second-order valence-electron chi connectivity index (χ2n) is 11.0. The molecule has 1 saturated carbocycles. The van der Waals surface area contributed by atoms with Gasteiger partial charge in [0.2, 0.25) is 17.7 Å². The largest absolute Gasteiger partial charge is 0.364 e. The van der Waals surface area contributed by atoms with E-state index in [-0.39, 0.29) is 42.0 Å². The molecule has 2 fully saturated rings. The van der Waals surface area contributed by atoms with Crippen molar-refractivity contribution in [2.24, 2.45) is 17.6 Å². The minimum absolute atomic E-state index is 0.111. The first-order chi connectivity index (χ1) is 20.3. The summed E-state index contributed by atoms with van der Waals surface area (Å²) in [4.78, 5) is 60.2. The molecule has 4 amide bonds. The van der Waals surface area contributed by atoms with Crippen LogP contribution in [0.2, 0.25) is 0 Å². The number of carbonyl (C=O) groups is 4. The quantitative estimate of drug-likeness (QED) is 0.258. The number of aromatic nitrogens is 2. The molecule has 0 spiro atoms. The van der Waals surface area contributed by atoms with Crippen molar-refractivity contribution in [1.29, 1.82) is 5.26 Å². The predicted octanol–water partition coefficient (Wildman–Crippen LogP) is 1.87. The van der Waals surface area contributed by atoms with Crippen LogP contribution in [0, 0.1) is 23.2 Å². The smallest absolute Gasteiger partial charge is 0.269 e. The van der Waals surface area contributed by atoms with Crippen LogP contribution in [0.5, 0.6) is 0 Å². The van der Waals surface area contributed by atoms with Crippen molar-refractivity contribution < 1.29 is 19.2 Å². The Morgan fingerprint density at radius 2 is 1.76 bits per heavy atom. The fraction of sp³-hybridized carbons (Fsp3) is 0.387. The minimum atomic E-state index is -0.976. The lowest BCUT2D eigenvalue weighted by Crippen LogP contribution is -2.51. The molecule has 2 aliphatic rings. The van der Waals surface area contributed by atoms with Crippen molar-refractivity contribution in [3.63, 3.8) is 0 Å². The normalized spacial score (nSPS) is 18.4. The van der Waals surface area contributed by atoms with Crippen LogP contribution >= 0.6 is 0 Å². The Hall–Kier alpha value is -4.85. The maximum atomic E-state index is 14.0. The number of fused-ring (bicyclic) bond motifs is 1. The van der Waals surface area contributed by atoms with Crippen molar-refractivity contribution in [1.82, 2.24) is 25.9 Å². The maximum absolute atomic E-state index is 14.0. The lowest BCUT2D eigenvalue weighted by molar-refractivity contribution is -0.130. The third kappa shape index (κ3) is 6.71. The molecular formula is C31H33N7O4. The third-order valence-corrected chi connectivity index (χ3v) is 7.96. The van der Waals surface area contributed by atoms with Gasteiger partial charge in [0, 0.05) is 24.9 Å². The highest BCUT2D eigenvalue weighted by Crippen LogP contribution is 2.34. The van der Waals surface area contributed by atoms with Crippen molar-refractivity contribution in [3.8, 4) is 6.07 Å². The van der Waals surface area contributed by atoms with Gasteiger partial charge in [-0.1, -0.05) is 55.3 Å². The first-order valence-electron chi connectivity index (χ1n) is 14.2. The van der Waals surface area contributed by atoms with E-state index >= 15 is 0 Å². The Labute approximate surface area is 243 Å². The van der Waals surface area contributed by atoms with Crippen LogP contribution in [-0.2, 0) is 20.8 Å². The van der Waals surface area contributed by atoms with E-state index in [0.29, 0.717) is 19.4 Å². The number of nitrogens with two attached hydrogens (primary N) is 1. The fourth-order valence-electron chi connectivity index (χ4n) is 5.56. The van der Waals surface area contributed by atoms with Gasteiger partial charge in [0.25, 0.3) is 5.91 Å². The van der Waals surface area contributed by atoms with E-state index in [1.54, 1.807) is 0 Å². The molecule has 5 N–H and O–H groups in total. The van der Waals surface area contributed by atoms with Crippen molar-refractivity contribution in [2.75, 3.05) is 6.54 Å². The van der Waals surface area contributed by atoms with Crippen LogP contribution in [0.4, 0.5) is 0 Å². The number of amides is 4. The molecule has 0 unspecified atom stereocenters. The molecule has 1 aliphatic heterocycles. The number of rotatable bonds is 12. The molecule has 2 heterocycles. The zero-order chi connectivity index (χ0) is 29.6. The molecule has 11 heteroatoms. The van der Waals surface area contributed by atoms with E-state index in [1.165, 1.54) is 12.4 Å². The SMILES string of the molecule is N#C[C@H](C[C@@H]1CCNC1=O)NC(=O)[C@H](CC1CC1)NC(=O)[C@@H](Cc1cccc2ccccc12)c1nccnc1C(N)=O. The maximum Gasteiger partial charge on any atom is 0.269 e. The van der Waals surface area contributed by atoms with Gasteiger partial charge in [-0.25, -0.2) is 4.98 Å². The monoisotopic (exact) mass is 567 g/mol. The molecule has 5 rings (SSSR count). The zero-order valence-electron chi connectivity index (χ0n) is 23.1. The highest BCUT2D eigenvalue weighted by molar-refractivity contribution is 5.96. The van der Waals surface area contributed by atoms with Gasteiger partial charge in [0.15, 0.2) is 0 Å². The Kier molecular flexibility index (Phi) is 8.71. The Bertz CT molecular complexity index is 1540. The van der Waals surface area contributed by atoms with E-state index in [1.807, 2.05) is 42.5 Å². The summed E-state index contributed by atoms with van der Waals surface area (Å²) in [5, 5.41) is 20.0. The molecule has 0 radical (unpaired) electrons. The van der Waals surface area contributed by atoms with Crippen LogP contribution in [0.3, 0.4) is 0 Å². The number of hydrogen-bond acceptors (Lipinski definition) is 7. The van der Waals surface area contributed by atoms with Gasteiger partial charge < -0.3 is 21.7 Å². The topological polar surface area (TPSA) is 180 Å². The summed E-state index contributed by atoms with van der Waals surface area (Å²) in [7, 11) is 0. The lowest BCUT2D eigenvalue weighted by Gasteiger charge is -2.24. The summed E-state index contributed by atoms with van der Waals surface area (Å²) in [5.41, 5.74) is 6.49. The van der Waals surface area contributed by atoms with Gasteiger partial charge in [-0.3, -0.25) is 24.2 Å². The van der Waals surface area contributed by atoms with E-state index in [9.17, 15) is 24.4 Å². The number of nitrogens with one attached hydrogen (secondary N) is 3. The fourth-order valence-corrected chi connectivity index (χ4v) is 5.56. The molecule has 216 valence electrons. The summed E-state index contributed by atoms with van der Waals surface area (Å²) in [6.45, 7) is 0.545. The van der Waals surface area contributed by atoms with Crippen LogP contribution < -0.4 is 21.7 Å². The third-order valence-electron chi connectivity index (χ3n) is 7.96. The number of nitrogens with zero attached hydrogens (tertiary/aromatic N) is 3. The first-order valence-corrected chi connectivity index (χ1v) is 14.2. The van der Waals surface area contributed by atoms with Gasteiger partial charge in [-0.05, 0) is 47.9 Å². The average Bonchev–Trinajstić information content (AvgIpc) is 3.73. The average molecular weight is 568 g/mol. The van der Waals surface area contributed by atoms with E-state index in [2.05, 4.69) is 32.0 Å². The second-order valence-corrected chi connectivity index (χ2v) is 11.0. The molecule has 11 nitrogen and oxygen atoms in total. The van der Waals surface area contributed by atoms with Gasteiger partial charge in [0.1, 0.15) is 17.8 Å². The summed E-state index contributed by atoms with van der Waals surface area (Å²) in [6.07, 6.45) is 6.01. The molecule has 1 saturated heterocycles. The van der Waals surface area contributed by atoms with Crippen molar-refractivity contribution >= 4 is 34.4 Å². The van der Waals surface area contributed by atoms with Gasteiger partial charge in [0.05, 0.1) is 17.7 Å². The molecule has 2 aromatic carbocycles. The number of hydrogen-bond donors (Lipinski definition) is 4. The number of benzene rings is 2.